The molecule has 0 amide bonds. The Hall–Kier alpha value is -0.250. The van der Waals surface area contributed by atoms with E-state index in [1.165, 1.54) is 0 Å². The highest BCUT2D eigenvalue weighted by Gasteiger charge is 2.25. The summed E-state index contributed by atoms with van der Waals surface area (Å²) in [5.41, 5.74) is 0. The summed E-state index contributed by atoms with van der Waals surface area (Å²) in [6.07, 6.45) is 0.00298. The molecule has 0 atom stereocenters. The molecule has 0 aromatic carbocycles. The van der Waals surface area contributed by atoms with Crippen LogP contribution in [0.15, 0.2) is 0 Å². The van der Waals surface area contributed by atoms with Crippen molar-refractivity contribution >= 4 is 0 Å². The zero-order valence-corrected chi connectivity index (χ0v) is 7.38. The van der Waals surface area contributed by atoms with Gasteiger partial charge in [-0.1, -0.05) is 26.2 Å². The van der Waals surface area contributed by atoms with Gasteiger partial charge in [0, 0.05) is 0 Å². The third-order valence-corrected chi connectivity index (χ3v) is 1.53. The summed E-state index contributed by atoms with van der Waals surface area (Å²) in [6.45, 7) is 1.68. The predicted molar refractivity (Wildman–Crippen MR) is 43.1 cm³/mol. The molecule has 0 radical (unpaired) electrons. The van der Waals surface area contributed by atoms with Crippen LogP contribution in [0.5, 0.6) is 0 Å². The van der Waals surface area contributed by atoms with Crippen LogP contribution in [0.2, 0.25) is 0 Å². The Morgan fingerprint density at radius 2 is 1.75 bits per heavy atom. The highest BCUT2D eigenvalue weighted by Crippen LogP contribution is 2.12. The van der Waals surface area contributed by atoms with Gasteiger partial charge in [-0.3, -0.25) is 0 Å². The fourth-order valence-corrected chi connectivity index (χ4v) is 0.907. The zero-order valence-electron chi connectivity index (χ0n) is 7.38. The van der Waals surface area contributed by atoms with E-state index < -0.39 is 12.7 Å². The van der Waals surface area contributed by atoms with Crippen molar-refractivity contribution in [1.82, 2.24) is 5.32 Å². The standard InChI is InChI=1S/C8H16F3N/c1-2-3-4-5-6-12-7-8(9,10)11/h12H,2-7H2,1H3. The quantitative estimate of drug-likeness (QED) is 0.624. The van der Waals surface area contributed by atoms with Gasteiger partial charge in [-0.05, 0) is 13.0 Å². The van der Waals surface area contributed by atoms with Crippen molar-refractivity contribution < 1.29 is 13.2 Å². The Balaban J connectivity index is 3.01. The van der Waals surface area contributed by atoms with Gasteiger partial charge in [0.05, 0.1) is 6.54 Å². The molecule has 0 heterocycles. The van der Waals surface area contributed by atoms with E-state index in [-0.39, 0.29) is 0 Å². The molecule has 0 aromatic heterocycles. The van der Waals surface area contributed by atoms with Gasteiger partial charge in [0.1, 0.15) is 0 Å². The first-order valence-electron chi connectivity index (χ1n) is 4.33. The summed E-state index contributed by atoms with van der Waals surface area (Å²) < 4.78 is 34.7. The average molecular weight is 183 g/mol. The molecule has 74 valence electrons. The average Bonchev–Trinajstić information content (AvgIpc) is 1.94. The molecule has 1 nitrogen and oxygen atoms in total. The molecule has 0 saturated carbocycles. The van der Waals surface area contributed by atoms with Crippen molar-refractivity contribution in [2.45, 2.75) is 38.8 Å². The molecule has 0 rings (SSSR count). The van der Waals surface area contributed by atoms with E-state index >= 15 is 0 Å². The van der Waals surface area contributed by atoms with Crippen molar-refractivity contribution in [3.63, 3.8) is 0 Å². The van der Waals surface area contributed by atoms with Crippen LogP contribution in [0.25, 0.3) is 0 Å². The fraction of sp³-hybridized carbons (Fsp3) is 1.00. The Labute approximate surface area is 71.3 Å². The summed E-state index contributed by atoms with van der Waals surface area (Å²) in [7, 11) is 0. The third kappa shape index (κ3) is 9.75. The van der Waals surface area contributed by atoms with Crippen molar-refractivity contribution in [2.24, 2.45) is 0 Å². The lowest BCUT2D eigenvalue weighted by atomic mass is 10.2. The molecule has 0 aliphatic heterocycles. The number of rotatable bonds is 6. The highest BCUT2D eigenvalue weighted by atomic mass is 19.4. The van der Waals surface area contributed by atoms with Crippen molar-refractivity contribution in [1.29, 1.82) is 0 Å². The van der Waals surface area contributed by atoms with Crippen LogP contribution >= 0.6 is 0 Å². The van der Waals surface area contributed by atoms with Crippen LogP contribution < -0.4 is 5.32 Å². The molecule has 0 saturated heterocycles. The molecule has 4 heteroatoms. The number of halogens is 3. The van der Waals surface area contributed by atoms with E-state index in [1.54, 1.807) is 0 Å². The molecule has 1 N–H and O–H groups in total. The van der Waals surface area contributed by atoms with E-state index in [4.69, 9.17) is 0 Å². The Kier molecular flexibility index (Phi) is 6.16. The number of hydrogen-bond donors (Lipinski definition) is 1. The molecule has 0 bridgehead atoms. The van der Waals surface area contributed by atoms with E-state index in [1.807, 2.05) is 0 Å². The second-order valence-electron chi connectivity index (χ2n) is 2.85. The first-order chi connectivity index (χ1) is 5.56. The van der Waals surface area contributed by atoms with E-state index in [2.05, 4.69) is 12.2 Å². The normalized spacial score (nSPS) is 12.0. The SMILES string of the molecule is CCCCCCNCC(F)(F)F. The van der Waals surface area contributed by atoms with Crippen molar-refractivity contribution in [3.05, 3.63) is 0 Å². The third-order valence-electron chi connectivity index (χ3n) is 1.53. The van der Waals surface area contributed by atoms with Gasteiger partial charge in [0.15, 0.2) is 0 Å². The fourth-order valence-electron chi connectivity index (χ4n) is 0.907. The summed E-state index contributed by atoms with van der Waals surface area (Å²) in [5, 5.41) is 2.36. The molecular weight excluding hydrogens is 167 g/mol. The highest BCUT2D eigenvalue weighted by molar-refractivity contribution is 4.55. The zero-order chi connectivity index (χ0) is 9.45. The topological polar surface area (TPSA) is 12.0 Å². The van der Waals surface area contributed by atoms with Gasteiger partial charge >= 0.3 is 6.18 Å². The van der Waals surface area contributed by atoms with Gasteiger partial charge in [-0.2, -0.15) is 13.2 Å². The number of nitrogens with one attached hydrogen (secondary N) is 1. The maximum absolute atomic E-state index is 11.6. The van der Waals surface area contributed by atoms with Crippen LogP contribution in [0.4, 0.5) is 13.2 Å². The lowest BCUT2D eigenvalue weighted by Gasteiger charge is -2.07. The summed E-state index contributed by atoms with van der Waals surface area (Å²) in [5.74, 6) is 0. The van der Waals surface area contributed by atoms with Crippen LogP contribution in [-0.4, -0.2) is 19.3 Å². The monoisotopic (exact) mass is 183 g/mol. The van der Waals surface area contributed by atoms with Gasteiger partial charge in [0.2, 0.25) is 0 Å². The second kappa shape index (κ2) is 6.29. The molecule has 0 unspecified atom stereocenters. The molecule has 0 fully saturated rings. The van der Waals surface area contributed by atoms with Crippen LogP contribution in [0.3, 0.4) is 0 Å². The minimum Gasteiger partial charge on any atom is -0.309 e. The molecule has 0 aromatic rings. The van der Waals surface area contributed by atoms with E-state index in [9.17, 15) is 13.2 Å². The number of alkyl halides is 3. The summed E-state index contributed by atoms with van der Waals surface area (Å²) in [6, 6.07) is 0. The minimum absolute atomic E-state index is 0.472. The maximum Gasteiger partial charge on any atom is 0.401 e. The first-order valence-corrected chi connectivity index (χ1v) is 4.33. The lowest BCUT2D eigenvalue weighted by molar-refractivity contribution is -0.124. The number of hydrogen-bond acceptors (Lipinski definition) is 1. The van der Waals surface area contributed by atoms with Gasteiger partial charge in [-0.15, -0.1) is 0 Å². The van der Waals surface area contributed by atoms with Gasteiger partial charge < -0.3 is 5.32 Å². The molecule has 12 heavy (non-hydrogen) atoms. The predicted octanol–water partition coefficient (Wildman–Crippen LogP) is 2.72. The molecule has 0 aliphatic carbocycles. The van der Waals surface area contributed by atoms with Crippen molar-refractivity contribution in [3.8, 4) is 0 Å². The van der Waals surface area contributed by atoms with E-state index in [0.29, 0.717) is 6.54 Å². The number of unbranched alkanes of at least 4 members (excludes halogenated alkanes) is 3. The molecular formula is C8H16F3N. The van der Waals surface area contributed by atoms with Crippen LogP contribution in [0, 0.1) is 0 Å². The van der Waals surface area contributed by atoms with E-state index in [0.717, 1.165) is 25.7 Å². The second-order valence-corrected chi connectivity index (χ2v) is 2.85. The maximum atomic E-state index is 11.6. The Bertz CT molecular complexity index is 101. The van der Waals surface area contributed by atoms with Crippen LogP contribution in [0.1, 0.15) is 32.6 Å². The van der Waals surface area contributed by atoms with Crippen LogP contribution in [-0.2, 0) is 0 Å². The summed E-state index contributed by atoms with van der Waals surface area (Å²) in [4.78, 5) is 0. The smallest absolute Gasteiger partial charge is 0.309 e. The Morgan fingerprint density at radius 1 is 1.08 bits per heavy atom. The molecule has 0 aliphatic rings. The van der Waals surface area contributed by atoms with Crippen molar-refractivity contribution in [2.75, 3.05) is 13.1 Å². The minimum atomic E-state index is -4.06. The van der Waals surface area contributed by atoms with Gasteiger partial charge in [0.25, 0.3) is 0 Å². The largest absolute Gasteiger partial charge is 0.401 e. The lowest BCUT2D eigenvalue weighted by Crippen LogP contribution is -2.29. The first kappa shape index (κ1) is 11.8. The van der Waals surface area contributed by atoms with Gasteiger partial charge in [-0.25, -0.2) is 0 Å². The molecule has 0 spiro atoms. The summed E-state index contributed by atoms with van der Waals surface area (Å²) >= 11 is 0. The Morgan fingerprint density at radius 3 is 2.25 bits per heavy atom.